The molecular weight excluding hydrogens is 352 g/mol. The summed E-state index contributed by atoms with van der Waals surface area (Å²) in [6.45, 7) is 3.18. The van der Waals surface area contributed by atoms with Crippen LogP contribution in [0.1, 0.15) is 24.2 Å². The Bertz CT molecular complexity index is 662. The summed E-state index contributed by atoms with van der Waals surface area (Å²) < 4.78 is 10.3. The first-order chi connectivity index (χ1) is 11.6. The van der Waals surface area contributed by atoms with Crippen LogP contribution in [0.2, 0.25) is 5.02 Å². The molecule has 0 unspecified atom stereocenters. The summed E-state index contributed by atoms with van der Waals surface area (Å²) in [6.07, 6.45) is 0. The van der Waals surface area contributed by atoms with E-state index in [1.165, 1.54) is 24.1 Å². The number of nitrogens with zero attached hydrogens (tertiary/aromatic N) is 1. The van der Waals surface area contributed by atoms with Crippen molar-refractivity contribution < 1.29 is 29.0 Å². The van der Waals surface area contributed by atoms with Crippen LogP contribution in [0.5, 0.6) is 11.5 Å². The van der Waals surface area contributed by atoms with E-state index in [-0.39, 0.29) is 34.5 Å². The van der Waals surface area contributed by atoms with Crippen molar-refractivity contribution in [3.8, 4) is 11.5 Å². The molecule has 0 radical (unpaired) electrons. The summed E-state index contributed by atoms with van der Waals surface area (Å²) in [5, 5.41) is 9.05. The molecule has 0 fully saturated rings. The predicted octanol–water partition coefficient (Wildman–Crippen LogP) is 1.40. The Morgan fingerprint density at radius 1 is 1.32 bits per heavy atom. The maximum absolute atomic E-state index is 12.6. The molecule has 1 aromatic rings. The van der Waals surface area contributed by atoms with Crippen molar-refractivity contribution in [3.05, 3.63) is 22.7 Å². The zero-order valence-corrected chi connectivity index (χ0v) is 15.0. The second-order valence-electron chi connectivity index (χ2n) is 5.72. The number of carboxylic acid groups (broad SMARTS) is 1. The van der Waals surface area contributed by atoms with E-state index in [0.29, 0.717) is 0 Å². The highest BCUT2D eigenvalue weighted by Gasteiger charge is 2.23. The Morgan fingerprint density at radius 3 is 2.44 bits per heavy atom. The number of benzene rings is 1. The van der Waals surface area contributed by atoms with Gasteiger partial charge in [0.05, 0.1) is 12.1 Å². The first-order valence-electron chi connectivity index (χ1n) is 7.45. The fourth-order valence-corrected chi connectivity index (χ4v) is 2.40. The normalized spacial score (nSPS) is 10.4. The van der Waals surface area contributed by atoms with Gasteiger partial charge in [-0.2, -0.15) is 0 Å². The van der Waals surface area contributed by atoms with Crippen LogP contribution in [-0.2, 0) is 9.59 Å². The van der Waals surface area contributed by atoms with Crippen molar-refractivity contribution in [2.24, 2.45) is 11.7 Å². The average molecular weight is 373 g/mol. The minimum absolute atomic E-state index is 0.0452. The van der Waals surface area contributed by atoms with E-state index in [2.05, 4.69) is 0 Å². The van der Waals surface area contributed by atoms with Gasteiger partial charge < -0.3 is 25.2 Å². The van der Waals surface area contributed by atoms with Gasteiger partial charge in [-0.1, -0.05) is 25.4 Å². The fourth-order valence-electron chi connectivity index (χ4n) is 2.13. The lowest BCUT2D eigenvalue weighted by atomic mass is 10.1. The number of methoxy groups -OCH3 is 1. The average Bonchev–Trinajstić information content (AvgIpc) is 2.50. The lowest BCUT2D eigenvalue weighted by Crippen LogP contribution is -2.38. The van der Waals surface area contributed by atoms with Crippen LogP contribution in [0.25, 0.3) is 0 Å². The quantitative estimate of drug-likeness (QED) is 0.676. The molecule has 0 aromatic heterocycles. The van der Waals surface area contributed by atoms with E-state index in [0.717, 1.165) is 0 Å². The molecule has 0 saturated carbocycles. The second-order valence-corrected chi connectivity index (χ2v) is 6.12. The van der Waals surface area contributed by atoms with E-state index in [4.69, 9.17) is 31.9 Å². The SMILES string of the molecule is COc1cc(C(=O)N(CC(=O)O)CC(C)C)cc(Cl)c1OCC(N)=O. The van der Waals surface area contributed by atoms with Gasteiger partial charge in [0.25, 0.3) is 11.8 Å². The van der Waals surface area contributed by atoms with Gasteiger partial charge in [0.15, 0.2) is 18.1 Å². The Labute approximate surface area is 150 Å². The summed E-state index contributed by atoms with van der Waals surface area (Å²) in [6, 6.07) is 2.71. The Morgan fingerprint density at radius 2 is 1.96 bits per heavy atom. The molecule has 0 aliphatic rings. The number of nitrogens with two attached hydrogens (primary N) is 1. The number of carboxylic acids is 1. The highest BCUT2D eigenvalue weighted by molar-refractivity contribution is 6.32. The van der Waals surface area contributed by atoms with Gasteiger partial charge in [-0.3, -0.25) is 14.4 Å². The van der Waals surface area contributed by atoms with Gasteiger partial charge in [-0.25, -0.2) is 0 Å². The molecular formula is C16H21ClN2O6. The number of hydrogen-bond acceptors (Lipinski definition) is 5. The van der Waals surface area contributed by atoms with Gasteiger partial charge in [0.1, 0.15) is 6.54 Å². The number of rotatable bonds is 9. The van der Waals surface area contributed by atoms with E-state index in [1.807, 2.05) is 13.8 Å². The number of ether oxygens (including phenoxy) is 2. The molecule has 0 atom stereocenters. The minimum atomic E-state index is -1.12. The molecule has 0 spiro atoms. The highest BCUT2D eigenvalue weighted by Crippen LogP contribution is 2.36. The molecule has 9 heteroatoms. The summed E-state index contributed by atoms with van der Waals surface area (Å²) in [4.78, 5) is 35.7. The van der Waals surface area contributed by atoms with Crippen molar-refractivity contribution in [1.82, 2.24) is 4.90 Å². The first-order valence-corrected chi connectivity index (χ1v) is 7.83. The minimum Gasteiger partial charge on any atom is -0.493 e. The molecule has 138 valence electrons. The molecule has 3 N–H and O–H groups in total. The molecule has 0 aliphatic heterocycles. The number of carbonyl (C=O) groups is 3. The molecule has 0 bridgehead atoms. The Kier molecular flexibility index (Phi) is 7.50. The zero-order valence-electron chi connectivity index (χ0n) is 14.2. The number of aliphatic carboxylic acids is 1. The summed E-state index contributed by atoms with van der Waals surface area (Å²) in [5.41, 5.74) is 5.18. The maximum Gasteiger partial charge on any atom is 0.323 e. The number of carbonyl (C=O) groups excluding carboxylic acids is 2. The molecule has 25 heavy (non-hydrogen) atoms. The van der Waals surface area contributed by atoms with Gasteiger partial charge >= 0.3 is 5.97 Å². The third-order valence-corrected chi connectivity index (χ3v) is 3.31. The van der Waals surface area contributed by atoms with Gasteiger partial charge in [0.2, 0.25) is 0 Å². The molecule has 2 amide bonds. The fraction of sp³-hybridized carbons (Fsp3) is 0.438. The third-order valence-electron chi connectivity index (χ3n) is 3.03. The molecule has 1 rings (SSSR count). The van der Waals surface area contributed by atoms with E-state index in [1.54, 1.807) is 0 Å². The van der Waals surface area contributed by atoms with Crippen molar-refractivity contribution in [2.45, 2.75) is 13.8 Å². The van der Waals surface area contributed by atoms with E-state index in [9.17, 15) is 14.4 Å². The van der Waals surface area contributed by atoms with Crippen LogP contribution in [0.4, 0.5) is 0 Å². The van der Waals surface area contributed by atoms with Crippen LogP contribution < -0.4 is 15.2 Å². The molecule has 0 aliphatic carbocycles. The first kappa shape index (κ1) is 20.6. The van der Waals surface area contributed by atoms with Gasteiger partial charge in [-0.05, 0) is 18.1 Å². The number of amides is 2. The van der Waals surface area contributed by atoms with Gasteiger partial charge in [-0.15, -0.1) is 0 Å². The van der Waals surface area contributed by atoms with Crippen LogP contribution >= 0.6 is 11.6 Å². The summed E-state index contributed by atoms with van der Waals surface area (Å²) in [7, 11) is 1.35. The van der Waals surface area contributed by atoms with Crippen molar-refractivity contribution in [3.63, 3.8) is 0 Å². The van der Waals surface area contributed by atoms with Crippen LogP contribution in [0, 0.1) is 5.92 Å². The second kappa shape index (κ2) is 9.12. The van der Waals surface area contributed by atoms with Crippen LogP contribution in [0.3, 0.4) is 0 Å². The van der Waals surface area contributed by atoms with Crippen molar-refractivity contribution in [2.75, 3.05) is 26.8 Å². The highest BCUT2D eigenvalue weighted by atomic mass is 35.5. The topological polar surface area (TPSA) is 119 Å². The number of halogens is 1. The lowest BCUT2D eigenvalue weighted by Gasteiger charge is -2.23. The van der Waals surface area contributed by atoms with Crippen molar-refractivity contribution >= 4 is 29.4 Å². The molecule has 1 aromatic carbocycles. The zero-order chi connectivity index (χ0) is 19.1. The molecule has 0 heterocycles. The standard InChI is InChI=1S/C16H21ClN2O6/c1-9(2)6-19(7-14(21)22)16(23)10-4-11(17)15(12(5-10)24-3)25-8-13(18)20/h4-5,9H,6-8H2,1-3H3,(H2,18,20)(H,21,22). The van der Waals surface area contributed by atoms with E-state index < -0.39 is 30.9 Å². The van der Waals surface area contributed by atoms with Crippen molar-refractivity contribution in [1.29, 1.82) is 0 Å². The van der Waals surface area contributed by atoms with Crippen LogP contribution in [0.15, 0.2) is 12.1 Å². The predicted molar refractivity (Wildman–Crippen MR) is 91.1 cm³/mol. The Hall–Kier alpha value is -2.48. The lowest BCUT2D eigenvalue weighted by molar-refractivity contribution is -0.137. The largest absolute Gasteiger partial charge is 0.493 e. The van der Waals surface area contributed by atoms with Crippen LogP contribution in [-0.4, -0.2) is 54.6 Å². The maximum atomic E-state index is 12.6. The number of primary amides is 1. The summed E-state index contributed by atoms with van der Waals surface area (Å²) >= 11 is 6.11. The number of hydrogen-bond donors (Lipinski definition) is 2. The van der Waals surface area contributed by atoms with Gasteiger partial charge in [0, 0.05) is 12.1 Å². The molecule has 8 nitrogen and oxygen atoms in total. The summed E-state index contributed by atoms with van der Waals surface area (Å²) in [5.74, 6) is -2.02. The third kappa shape index (κ3) is 6.15. The smallest absolute Gasteiger partial charge is 0.323 e. The Balaban J connectivity index is 3.17. The van der Waals surface area contributed by atoms with E-state index >= 15 is 0 Å². The monoisotopic (exact) mass is 372 g/mol. The molecule has 0 saturated heterocycles.